The Hall–Kier alpha value is -1.55. The Morgan fingerprint density at radius 2 is 2.10 bits per heavy atom. The van der Waals surface area contributed by atoms with Crippen LogP contribution in [0.1, 0.15) is 48.7 Å². The van der Waals surface area contributed by atoms with E-state index in [4.69, 9.17) is 11.6 Å². The van der Waals surface area contributed by atoms with Crippen LogP contribution in [0.4, 0.5) is 0 Å². The lowest BCUT2D eigenvalue weighted by molar-refractivity contribution is -0.122. The van der Waals surface area contributed by atoms with E-state index in [9.17, 15) is 9.59 Å². The molecule has 5 heteroatoms. The number of nitrogens with one attached hydrogen (secondary N) is 2. The van der Waals surface area contributed by atoms with Crippen LogP contribution in [0.3, 0.4) is 0 Å². The van der Waals surface area contributed by atoms with Crippen LogP contribution in [0.2, 0.25) is 5.02 Å². The fraction of sp³-hybridized carbons (Fsp3) is 0.467. The number of rotatable bonds is 5. The Labute approximate surface area is 123 Å². The smallest absolute Gasteiger partial charge is 0.251 e. The maximum absolute atomic E-state index is 11.8. The molecule has 1 aliphatic carbocycles. The van der Waals surface area contributed by atoms with Crippen LogP contribution in [0, 0.1) is 5.92 Å². The van der Waals surface area contributed by atoms with Crippen molar-refractivity contribution < 1.29 is 9.59 Å². The van der Waals surface area contributed by atoms with Gasteiger partial charge in [0.25, 0.3) is 5.91 Å². The number of amides is 2. The van der Waals surface area contributed by atoms with Gasteiger partial charge in [0, 0.05) is 23.0 Å². The molecule has 20 heavy (non-hydrogen) atoms. The van der Waals surface area contributed by atoms with E-state index in [1.807, 2.05) is 13.8 Å². The lowest BCUT2D eigenvalue weighted by Crippen LogP contribution is -2.28. The quantitative estimate of drug-likeness (QED) is 0.877. The van der Waals surface area contributed by atoms with E-state index < -0.39 is 0 Å². The second kappa shape index (κ2) is 6.27. The van der Waals surface area contributed by atoms with Gasteiger partial charge in [-0.15, -0.1) is 0 Å². The molecule has 1 unspecified atom stereocenters. The number of benzene rings is 1. The van der Waals surface area contributed by atoms with E-state index in [-0.39, 0.29) is 23.8 Å². The van der Waals surface area contributed by atoms with Crippen LogP contribution in [0.25, 0.3) is 0 Å². The van der Waals surface area contributed by atoms with Gasteiger partial charge in [0.2, 0.25) is 5.91 Å². The Morgan fingerprint density at radius 3 is 2.70 bits per heavy atom. The molecule has 1 aromatic rings. The summed E-state index contributed by atoms with van der Waals surface area (Å²) in [5.41, 5.74) is 1.32. The summed E-state index contributed by atoms with van der Waals surface area (Å²) in [6, 6.07) is 4.92. The van der Waals surface area contributed by atoms with Gasteiger partial charge >= 0.3 is 0 Å². The summed E-state index contributed by atoms with van der Waals surface area (Å²) in [7, 11) is 0. The average molecular weight is 295 g/mol. The van der Waals surface area contributed by atoms with E-state index in [0.29, 0.717) is 17.1 Å². The third kappa shape index (κ3) is 3.51. The summed E-state index contributed by atoms with van der Waals surface area (Å²) in [6.07, 6.45) is 1.93. The molecule has 2 N–H and O–H groups in total. The van der Waals surface area contributed by atoms with Crippen molar-refractivity contribution in [2.45, 2.75) is 32.7 Å². The van der Waals surface area contributed by atoms with Crippen molar-refractivity contribution in [1.82, 2.24) is 10.6 Å². The van der Waals surface area contributed by atoms with Crippen LogP contribution in [0.15, 0.2) is 18.2 Å². The summed E-state index contributed by atoms with van der Waals surface area (Å²) in [5, 5.41) is 6.25. The predicted octanol–water partition coefficient (Wildman–Crippen LogP) is 2.68. The van der Waals surface area contributed by atoms with Gasteiger partial charge in [-0.05, 0) is 50.5 Å². The number of carbonyl (C=O) groups excluding carboxylic acids is 2. The fourth-order valence-electron chi connectivity index (χ4n) is 2.03. The normalized spacial score (nSPS) is 15.6. The Kier molecular flexibility index (Phi) is 4.65. The van der Waals surface area contributed by atoms with Crippen LogP contribution in [0.5, 0.6) is 0 Å². The van der Waals surface area contributed by atoms with Crippen molar-refractivity contribution in [3.05, 3.63) is 34.3 Å². The van der Waals surface area contributed by atoms with Gasteiger partial charge in [0.1, 0.15) is 0 Å². The topological polar surface area (TPSA) is 58.2 Å². The van der Waals surface area contributed by atoms with Crippen LogP contribution in [-0.4, -0.2) is 18.4 Å². The van der Waals surface area contributed by atoms with E-state index in [1.54, 1.807) is 18.2 Å². The molecule has 0 radical (unpaired) electrons. The lowest BCUT2D eigenvalue weighted by atomic mass is 10.0. The molecule has 0 heterocycles. The fourth-order valence-corrected chi connectivity index (χ4v) is 2.32. The molecule has 0 bridgehead atoms. The predicted molar refractivity (Wildman–Crippen MR) is 78.7 cm³/mol. The van der Waals surface area contributed by atoms with E-state index in [1.165, 1.54) is 0 Å². The first-order valence-electron chi connectivity index (χ1n) is 6.91. The summed E-state index contributed by atoms with van der Waals surface area (Å²) in [4.78, 5) is 23.6. The van der Waals surface area contributed by atoms with Gasteiger partial charge in [-0.1, -0.05) is 11.6 Å². The molecule has 1 fully saturated rings. The number of halogens is 1. The Morgan fingerprint density at radius 1 is 1.40 bits per heavy atom. The van der Waals surface area contributed by atoms with Gasteiger partial charge in [-0.3, -0.25) is 9.59 Å². The summed E-state index contributed by atoms with van der Waals surface area (Å²) < 4.78 is 0. The maximum Gasteiger partial charge on any atom is 0.251 e. The van der Waals surface area contributed by atoms with Crippen LogP contribution in [-0.2, 0) is 4.79 Å². The highest BCUT2D eigenvalue weighted by Crippen LogP contribution is 2.31. The van der Waals surface area contributed by atoms with E-state index in [0.717, 1.165) is 18.4 Å². The zero-order valence-corrected chi connectivity index (χ0v) is 12.5. The molecule has 1 saturated carbocycles. The van der Waals surface area contributed by atoms with Crippen molar-refractivity contribution in [1.29, 1.82) is 0 Å². The molecule has 0 aromatic heterocycles. The molecule has 4 nitrogen and oxygen atoms in total. The third-order valence-corrected chi connectivity index (χ3v) is 3.71. The van der Waals surface area contributed by atoms with E-state index >= 15 is 0 Å². The number of hydrogen-bond donors (Lipinski definition) is 2. The van der Waals surface area contributed by atoms with Crippen molar-refractivity contribution >= 4 is 23.4 Å². The van der Waals surface area contributed by atoms with Gasteiger partial charge in [-0.2, -0.15) is 0 Å². The molecule has 1 atom stereocenters. The largest absolute Gasteiger partial charge is 0.352 e. The van der Waals surface area contributed by atoms with Crippen LogP contribution >= 0.6 is 11.6 Å². The van der Waals surface area contributed by atoms with Gasteiger partial charge in [0.15, 0.2) is 0 Å². The average Bonchev–Trinajstić information content (AvgIpc) is 3.23. The molecule has 0 saturated heterocycles. The molecule has 0 spiro atoms. The molecule has 2 amide bonds. The van der Waals surface area contributed by atoms with Crippen molar-refractivity contribution in [3.8, 4) is 0 Å². The molecule has 0 aliphatic heterocycles. The highest BCUT2D eigenvalue weighted by Gasteiger charge is 2.30. The summed E-state index contributed by atoms with van der Waals surface area (Å²) in [5.74, 6) is 0.0888. The second-order valence-electron chi connectivity index (χ2n) is 5.10. The lowest BCUT2D eigenvalue weighted by Gasteiger charge is -2.16. The first-order valence-corrected chi connectivity index (χ1v) is 7.28. The zero-order valence-electron chi connectivity index (χ0n) is 11.7. The minimum Gasteiger partial charge on any atom is -0.352 e. The first kappa shape index (κ1) is 14.9. The molecule has 1 aromatic carbocycles. The number of carbonyl (C=O) groups is 2. The Balaban J connectivity index is 2.14. The number of hydrogen-bond acceptors (Lipinski definition) is 2. The van der Waals surface area contributed by atoms with Gasteiger partial charge < -0.3 is 10.6 Å². The highest BCUT2D eigenvalue weighted by molar-refractivity contribution is 6.31. The molecule has 2 rings (SSSR count). The second-order valence-corrected chi connectivity index (χ2v) is 5.51. The molecular formula is C15H19ClN2O2. The zero-order chi connectivity index (χ0) is 14.7. The summed E-state index contributed by atoms with van der Waals surface area (Å²) >= 11 is 6.17. The summed E-state index contributed by atoms with van der Waals surface area (Å²) in [6.45, 7) is 4.32. The maximum atomic E-state index is 11.8. The monoisotopic (exact) mass is 294 g/mol. The van der Waals surface area contributed by atoms with Crippen molar-refractivity contribution in [2.24, 2.45) is 5.92 Å². The van der Waals surface area contributed by atoms with Gasteiger partial charge in [0.05, 0.1) is 6.04 Å². The highest BCUT2D eigenvalue weighted by atomic mass is 35.5. The molecular weight excluding hydrogens is 276 g/mol. The van der Waals surface area contributed by atoms with E-state index in [2.05, 4.69) is 10.6 Å². The first-order chi connectivity index (χ1) is 9.52. The third-order valence-electron chi connectivity index (χ3n) is 3.37. The SMILES string of the molecule is CCNC(=O)c1ccc(Cl)c(C(C)NC(=O)C2CC2)c1. The molecule has 1 aliphatic rings. The van der Waals surface area contributed by atoms with Gasteiger partial charge in [-0.25, -0.2) is 0 Å². The molecule has 108 valence electrons. The standard InChI is InChI=1S/C15H19ClN2O2/c1-3-17-14(19)11-6-7-13(16)12(8-11)9(2)18-15(20)10-4-5-10/h6-10H,3-5H2,1-2H3,(H,17,19)(H,18,20). The minimum atomic E-state index is -0.204. The van der Waals surface area contributed by atoms with Crippen molar-refractivity contribution in [3.63, 3.8) is 0 Å². The minimum absolute atomic E-state index is 0.0666. The van der Waals surface area contributed by atoms with Crippen LogP contribution < -0.4 is 10.6 Å². The Bertz CT molecular complexity index is 527. The van der Waals surface area contributed by atoms with Crippen molar-refractivity contribution in [2.75, 3.05) is 6.54 Å².